The Morgan fingerprint density at radius 3 is 2.68 bits per heavy atom. The van der Waals surface area contributed by atoms with E-state index in [1.165, 1.54) is 23.9 Å². The molecule has 1 heterocycles. The van der Waals surface area contributed by atoms with Gasteiger partial charge >= 0.3 is 6.09 Å². The highest BCUT2D eigenvalue weighted by Crippen LogP contribution is 2.40. The summed E-state index contributed by atoms with van der Waals surface area (Å²) in [6, 6.07) is 2.67. The number of aliphatic hydroxyl groups is 1. The fraction of sp³-hybridized carbons (Fsp3) is 0.500. The summed E-state index contributed by atoms with van der Waals surface area (Å²) in [5.41, 5.74) is -0.660. The van der Waals surface area contributed by atoms with Gasteiger partial charge in [0.15, 0.2) is 0 Å². The Kier molecular flexibility index (Phi) is 9.66. The molecule has 0 fully saturated rings. The largest absolute Gasteiger partial charge is 0.465 e. The standard InChI is InChI=1S/C26H33ClFN3O5S/c1-4-9-30(15-32)24(34)19-10-21-22(11-20(19)28)37-14-17(12-26(2,3)29-25(35)36)23(33)31(21)13-16-5-7-18(27)8-6-16/h5,7-8,10-11,16-17,29,32H,4,6,9,12-15H2,1-3H3,(H,35,36)/t16?,17-/m0/s1. The fourth-order valence-electron chi connectivity index (χ4n) is 4.61. The molecule has 3 rings (SSSR count). The minimum Gasteiger partial charge on any atom is -0.465 e. The number of carboxylic acid groups (broad SMARTS) is 1. The number of amides is 3. The summed E-state index contributed by atoms with van der Waals surface area (Å²) in [4.78, 5) is 41.5. The van der Waals surface area contributed by atoms with Crippen LogP contribution in [0.2, 0.25) is 0 Å². The number of fused-ring (bicyclic) bond motifs is 1. The Labute approximate surface area is 225 Å². The first-order valence-corrected chi connectivity index (χ1v) is 13.5. The van der Waals surface area contributed by atoms with Gasteiger partial charge in [0.05, 0.1) is 17.2 Å². The average molecular weight is 554 g/mol. The number of rotatable bonds is 9. The molecule has 3 N–H and O–H groups in total. The van der Waals surface area contributed by atoms with Crippen molar-refractivity contribution in [3.63, 3.8) is 0 Å². The van der Waals surface area contributed by atoms with Crippen LogP contribution in [0.4, 0.5) is 14.9 Å². The topological polar surface area (TPSA) is 110 Å². The molecular formula is C26H33ClFN3O5S. The highest BCUT2D eigenvalue weighted by atomic mass is 35.5. The molecule has 8 nitrogen and oxygen atoms in total. The molecule has 2 atom stereocenters. The van der Waals surface area contributed by atoms with Crippen LogP contribution >= 0.6 is 23.4 Å². The van der Waals surface area contributed by atoms with E-state index < -0.39 is 36.0 Å². The first-order valence-electron chi connectivity index (χ1n) is 12.2. The van der Waals surface area contributed by atoms with Gasteiger partial charge in [-0.1, -0.05) is 30.7 Å². The van der Waals surface area contributed by atoms with Crippen molar-refractivity contribution in [2.24, 2.45) is 11.8 Å². The zero-order chi connectivity index (χ0) is 27.3. The van der Waals surface area contributed by atoms with E-state index in [0.717, 1.165) is 4.90 Å². The van der Waals surface area contributed by atoms with Crippen molar-refractivity contribution in [3.8, 4) is 0 Å². The molecule has 37 heavy (non-hydrogen) atoms. The second-order valence-corrected chi connectivity index (χ2v) is 11.4. The lowest BCUT2D eigenvalue weighted by atomic mass is 9.90. The molecule has 0 bridgehead atoms. The van der Waals surface area contributed by atoms with Crippen molar-refractivity contribution in [1.82, 2.24) is 10.2 Å². The third-order valence-corrected chi connectivity index (χ3v) is 7.83. The molecule has 0 spiro atoms. The molecule has 0 saturated carbocycles. The smallest absolute Gasteiger partial charge is 0.405 e. The molecule has 0 radical (unpaired) electrons. The number of aliphatic hydroxyl groups excluding tert-OH is 1. The Hall–Kier alpha value is -2.56. The van der Waals surface area contributed by atoms with Crippen LogP contribution in [-0.2, 0) is 4.79 Å². The van der Waals surface area contributed by atoms with Crippen LogP contribution in [0.5, 0.6) is 0 Å². The lowest BCUT2D eigenvalue weighted by Gasteiger charge is -2.32. The summed E-state index contributed by atoms with van der Waals surface area (Å²) < 4.78 is 15.2. The van der Waals surface area contributed by atoms with Gasteiger partial charge in [0.25, 0.3) is 5.91 Å². The van der Waals surface area contributed by atoms with Gasteiger partial charge < -0.3 is 25.3 Å². The number of halogens is 2. The maximum Gasteiger partial charge on any atom is 0.405 e. The van der Waals surface area contributed by atoms with E-state index in [1.807, 2.05) is 19.1 Å². The number of anilines is 1. The summed E-state index contributed by atoms with van der Waals surface area (Å²) in [7, 11) is 0. The molecule has 1 unspecified atom stereocenters. The third-order valence-electron chi connectivity index (χ3n) is 6.34. The number of carbonyl (C=O) groups excluding carboxylic acids is 2. The Morgan fingerprint density at radius 2 is 2.08 bits per heavy atom. The van der Waals surface area contributed by atoms with Crippen molar-refractivity contribution >= 4 is 47.0 Å². The number of allylic oxidation sites excluding steroid dienone is 3. The molecule has 0 aromatic heterocycles. The maximum absolute atomic E-state index is 15.2. The number of nitrogens with one attached hydrogen (secondary N) is 1. The van der Waals surface area contributed by atoms with Gasteiger partial charge in [-0.15, -0.1) is 11.8 Å². The lowest BCUT2D eigenvalue weighted by Crippen LogP contribution is -2.48. The van der Waals surface area contributed by atoms with Crippen LogP contribution < -0.4 is 10.2 Å². The zero-order valence-electron chi connectivity index (χ0n) is 21.2. The monoisotopic (exact) mass is 553 g/mol. The van der Waals surface area contributed by atoms with Crippen LogP contribution in [0.15, 0.2) is 40.3 Å². The van der Waals surface area contributed by atoms with Crippen molar-refractivity contribution in [3.05, 3.63) is 46.8 Å². The zero-order valence-corrected chi connectivity index (χ0v) is 22.7. The predicted molar refractivity (Wildman–Crippen MR) is 142 cm³/mol. The molecule has 3 amide bonds. The summed E-state index contributed by atoms with van der Waals surface area (Å²) >= 11 is 7.37. The molecule has 11 heteroatoms. The first-order chi connectivity index (χ1) is 17.5. The highest BCUT2D eigenvalue weighted by Gasteiger charge is 2.37. The second-order valence-electron chi connectivity index (χ2n) is 9.93. The Morgan fingerprint density at radius 1 is 1.35 bits per heavy atom. The van der Waals surface area contributed by atoms with Gasteiger partial charge in [-0.25, -0.2) is 9.18 Å². The Balaban J connectivity index is 2.02. The maximum atomic E-state index is 15.2. The van der Waals surface area contributed by atoms with Crippen molar-refractivity contribution in [1.29, 1.82) is 0 Å². The van der Waals surface area contributed by atoms with Crippen LogP contribution in [0.3, 0.4) is 0 Å². The van der Waals surface area contributed by atoms with Crippen LogP contribution in [0, 0.1) is 17.7 Å². The van der Waals surface area contributed by atoms with Crippen molar-refractivity contribution in [2.75, 3.05) is 30.5 Å². The minimum absolute atomic E-state index is 0.0496. The van der Waals surface area contributed by atoms with E-state index >= 15 is 4.39 Å². The molecule has 2 aliphatic rings. The average Bonchev–Trinajstić information content (AvgIpc) is 2.94. The summed E-state index contributed by atoms with van der Waals surface area (Å²) in [6.45, 7) is 5.27. The minimum atomic E-state index is -1.18. The number of carbonyl (C=O) groups is 3. The van der Waals surface area contributed by atoms with E-state index in [2.05, 4.69) is 5.32 Å². The van der Waals surface area contributed by atoms with Gasteiger partial charge in [0, 0.05) is 34.3 Å². The highest BCUT2D eigenvalue weighted by molar-refractivity contribution is 7.99. The quantitative estimate of drug-likeness (QED) is 0.378. The van der Waals surface area contributed by atoms with Crippen molar-refractivity contribution < 1.29 is 29.0 Å². The van der Waals surface area contributed by atoms with Gasteiger partial charge in [0.2, 0.25) is 5.91 Å². The molecule has 202 valence electrons. The Bertz CT molecular complexity index is 1110. The predicted octanol–water partition coefficient (Wildman–Crippen LogP) is 4.82. The molecule has 1 aromatic rings. The number of nitrogens with zero attached hydrogens (tertiary/aromatic N) is 2. The molecule has 1 aromatic carbocycles. The van der Waals surface area contributed by atoms with Crippen LogP contribution in [0.1, 0.15) is 50.4 Å². The third kappa shape index (κ3) is 7.27. The summed E-state index contributed by atoms with van der Waals surface area (Å²) in [5, 5.41) is 21.9. The molecule has 1 aliphatic carbocycles. The van der Waals surface area contributed by atoms with Crippen LogP contribution in [0.25, 0.3) is 0 Å². The van der Waals surface area contributed by atoms with Gasteiger partial charge in [0.1, 0.15) is 12.5 Å². The normalized spacial score (nSPS) is 19.7. The fourth-order valence-corrected chi connectivity index (χ4v) is 5.92. The number of thioether (sulfide) groups is 1. The number of benzene rings is 1. The van der Waals surface area contributed by atoms with E-state index in [-0.39, 0.29) is 36.9 Å². The van der Waals surface area contributed by atoms with E-state index in [9.17, 15) is 24.6 Å². The van der Waals surface area contributed by atoms with E-state index in [1.54, 1.807) is 24.8 Å². The second kappa shape index (κ2) is 12.3. The first kappa shape index (κ1) is 29.0. The molecular weight excluding hydrogens is 521 g/mol. The summed E-state index contributed by atoms with van der Waals surface area (Å²) in [5.74, 6) is -1.88. The lowest BCUT2D eigenvalue weighted by molar-refractivity contribution is -0.122. The molecule has 0 saturated heterocycles. The van der Waals surface area contributed by atoms with Gasteiger partial charge in [-0.05, 0) is 57.2 Å². The van der Waals surface area contributed by atoms with E-state index in [4.69, 9.17) is 11.6 Å². The van der Waals surface area contributed by atoms with Gasteiger partial charge in [-0.3, -0.25) is 9.59 Å². The van der Waals surface area contributed by atoms with Crippen molar-refractivity contribution in [2.45, 2.75) is 50.5 Å². The number of hydrogen-bond acceptors (Lipinski definition) is 5. The summed E-state index contributed by atoms with van der Waals surface area (Å²) in [6.07, 6.45) is 5.82. The molecule has 1 aliphatic heterocycles. The van der Waals surface area contributed by atoms with Gasteiger partial charge in [-0.2, -0.15) is 0 Å². The SMILES string of the molecule is CCCN(CO)C(=O)c1cc2c(cc1F)SC[C@H](CC(C)(C)NC(=O)O)C(=O)N2CC1C=CC(Cl)=CC1. The van der Waals surface area contributed by atoms with Crippen LogP contribution in [-0.4, -0.2) is 64.1 Å². The number of hydrogen-bond donors (Lipinski definition) is 3. The van der Waals surface area contributed by atoms with E-state index in [0.29, 0.717) is 34.2 Å².